The van der Waals surface area contributed by atoms with E-state index in [4.69, 9.17) is 0 Å². The Labute approximate surface area is 112 Å². The van der Waals surface area contributed by atoms with Gasteiger partial charge in [0.15, 0.2) is 0 Å². The van der Waals surface area contributed by atoms with Crippen molar-refractivity contribution in [2.24, 2.45) is 0 Å². The van der Waals surface area contributed by atoms with Crippen molar-refractivity contribution in [3.8, 4) is 0 Å². The first-order valence-corrected chi connectivity index (χ1v) is 7.11. The average molecular weight is 298 g/mol. The lowest BCUT2D eigenvalue weighted by Crippen LogP contribution is -2.26. The van der Waals surface area contributed by atoms with Gasteiger partial charge in [-0.2, -0.15) is 0 Å². The second-order valence-corrected chi connectivity index (χ2v) is 5.24. The van der Waals surface area contributed by atoms with Crippen LogP contribution < -0.4 is 5.32 Å². The van der Waals surface area contributed by atoms with E-state index in [0.29, 0.717) is 13.0 Å². The molecule has 0 saturated carbocycles. The molecule has 0 aliphatic carbocycles. The summed E-state index contributed by atoms with van der Waals surface area (Å²) in [7, 11) is 0. The van der Waals surface area contributed by atoms with Crippen LogP contribution in [-0.4, -0.2) is 12.5 Å². The van der Waals surface area contributed by atoms with Crippen molar-refractivity contribution in [2.45, 2.75) is 37.4 Å². The summed E-state index contributed by atoms with van der Waals surface area (Å²) in [5.41, 5.74) is 1.20. The van der Waals surface area contributed by atoms with E-state index >= 15 is 0 Å². The molecule has 0 aliphatic rings. The molecule has 2 nitrogen and oxygen atoms in total. The zero-order chi connectivity index (χ0) is 12.5. The van der Waals surface area contributed by atoms with Crippen LogP contribution >= 0.6 is 15.9 Å². The molecular formula is C14H20BrNO. The molecule has 1 aromatic rings. The normalized spacial score (nSPS) is 12.1. The van der Waals surface area contributed by atoms with E-state index in [9.17, 15) is 4.79 Å². The van der Waals surface area contributed by atoms with Gasteiger partial charge in [-0.1, -0.05) is 66.0 Å². The molecule has 0 saturated heterocycles. The predicted molar refractivity (Wildman–Crippen MR) is 75.3 cm³/mol. The second kappa shape index (κ2) is 8.29. The second-order valence-electron chi connectivity index (χ2n) is 4.14. The maximum atomic E-state index is 11.5. The minimum absolute atomic E-state index is 0.152. The maximum absolute atomic E-state index is 11.5. The molecule has 0 radical (unpaired) electrons. The van der Waals surface area contributed by atoms with Crippen molar-refractivity contribution in [3.05, 3.63) is 35.9 Å². The Balaban J connectivity index is 2.24. The van der Waals surface area contributed by atoms with Gasteiger partial charge in [0.05, 0.1) is 4.83 Å². The zero-order valence-corrected chi connectivity index (χ0v) is 11.9. The predicted octanol–water partition coefficient (Wildman–Crippen LogP) is 3.82. The quantitative estimate of drug-likeness (QED) is 0.602. The number of carbonyl (C=O) groups excluding carboxylic acids is 1. The molecule has 1 aromatic carbocycles. The van der Waals surface area contributed by atoms with Gasteiger partial charge in [0.1, 0.15) is 0 Å². The number of unbranched alkanes of at least 4 members (excludes halogenated alkanes) is 2. The van der Waals surface area contributed by atoms with E-state index < -0.39 is 0 Å². The zero-order valence-electron chi connectivity index (χ0n) is 10.3. The molecular weight excluding hydrogens is 278 g/mol. The largest absolute Gasteiger partial charge is 0.355 e. The van der Waals surface area contributed by atoms with E-state index in [1.807, 2.05) is 18.2 Å². The highest BCUT2D eigenvalue weighted by atomic mass is 79.9. The Morgan fingerprint density at radius 3 is 2.65 bits per heavy atom. The minimum Gasteiger partial charge on any atom is -0.355 e. The molecule has 0 spiro atoms. The maximum Gasteiger partial charge on any atom is 0.220 e. The molecule has 1 unspecified atom stereocenters. The van der Waals surface area contributed by atoms with Crippen LogP contribution in [0.5, 0.6) is 0 Å². The molecule has 3 heteroatoms. The fourth-order valence-electron chi connectivity index (χ4n) is 1.61. The highest BCUT2D eigenvalue weighted by molar-refractivity contribution is 9.09. The Morgan fingerprint density at radius 2 is 2.00 bits per heavy atom. The van der Waals surface area contributed by atoms with Crippen molar-refractivity contribution in [1.29, 1.82) is 0 Å². The number of hydrogen-bond donors (Lipinski definition) is 1. The summed E-state index contributed by atoms with van der Waals surface area (Å²) in [6, 6.07) is 10.1. The van der Waals surface area contributed by atoms with Crippen molar-refractivity contribution in [3.63, 3.8) is 0 Å². The van der Waals surface area contributed by atoms with E-state index in [2.05, 4.69) is 40.3 Å². The highest BCUT2D eigenvalue weighted by Crippen LogP contribution is 2.20. The molecule has 1 rings (SSSR count). The molecule has 17 heavy (non-hydrogen) atoms. The summed E-state index contributed by atoms with van der Waals surface area (Å²) in [6.07, 6.45) is 3.91. The first-order valence-electron chi connectivity index (χ1n) is 6.19. The molecule has 1 atom stereocenters. The summed E-state index contributed by atoms with van der Waals surface area (Å²) in [5.74, 6) is 0.152. The lowest BCUT2D eigenvalue weighted by atomic mass is 10.1. The Morgan fingerprint density at radius 1 is 1.29 bits per heavy atom. The number of benzene rings is 1. The lowest BCUT2D eigenvalue weighted by Gasteiger charge is -2.11. The lowest BCUT2D eigenvalue weighted by molar-refractivity contribution is -0.121. The minimum atomic E-state index is 0.152. The van der Waals surface area contributed by atoms with Crippen molar-refractivity contribution < 1.29 is 4.79 Å². The Kier molecular flexibility index (Phi) is 6.94. The van der Waals surface area contributed by atoms with E-state index in [-0.39, 0.29) is 10.7 Å². The molecule has 94 valence electrons. The molecule has 0 aromatic heterocycles. The first kappa shape index (κ1) is 14.2. The topological polar surface area (TPSA) is 29.1 Å². The molecule has 1 N–H and O–H groups in total. The van der Waals surface area contributed by atoms with Crippen LogP contribution in [-0.2, 0) is 4.79 Å². The third-order valence-electron chi connectivity index (χ3n) is 2.65. The fraction of sp³-hybridized carbons (Fsp3) is 0.500. The average Bonchev–Trinajstić information content (AvgIpc) is 2.37. The van der Waals surface area contributed by atoms with Crippen LogP contribution in [0.25, 0.3) is 0 Å². The van der Waals surface area contributed by atoms with Crippen molar-refractivity contribution in [1.82, 2.24) is 5.32 Å². The van der Waals surface area contributed by atoms with Gasteiger partial charge in [-0.25, -0.2) is 0 Å². The molecule has 0 heterocycles. The molecule has 0 aliphatic heterocycles. The van der Waals surface area contributed by atoms with Crippen LogP contribution in [0.2, 0.25) is 0 Å². The van der Waals surface area contributed by atoms with Gasteiger partial charge >= 0.3 is 0 Å². The van der Waals surface area contributed by atoms with Gasteiger partial charge in [0.25, 0.3) is 0 Å². The van der Waals surface area contributed by atoms with Gasteiger partial charge in [-0.15, -0.1) is 0 Å². The van der Waals surface area contributed by atoms with Crippen LogP contribution in [0.15, 0.2) is 30.3 Å². The highest BCUT2D eigenvalue weighted by Gasteiger charge is 2.08. The number of halogens is 1. The Hall–Kier alpha value is -0.830. The number of amides is 1. The van der Waals surface area contributed by atoms with Crippen LogP contribution in [0.1, 0.15) is 43.0 Å². The van der Waals surface area contributed by atoms with Gasteiger partial charge in [-0.05, 0) is 12.0 Å². The number of rotatable bonds is 7. The monoisotopic (exact) mass is 297 g/mol. The SMILES string of the molecule is CCCCCC(=O)NCC(Br)c1ccccc1. The summed E-state index contributed by atoms with van der Waals surface area (Å²) in [4.78, 5) is 11.7. The molecule has 0 bridgehead atoms. The summed E-state index contributed by atoms with van der Waals surface area (Å²) in [6.45, 7) is 2.79. The number of nitrogens with one attached hydrogen (secondary N) is 1. The molecule has 1 amide bonds. The summed E-state index contributed by atoms with van der Waals surface area (Å²) in [5, 5.41) is 2.95. The first-order chi connectivity index (χ1) is 8.24. The molecule has 0 fully saturated rings. The van der Waals surface area contributed by atoms with E-state index in [0.717, 1.165) is 19.3 Å². The summed E-state index contributed by atoms with van der Waals surface area (Å²) < 4.78 is 0. The smallest absolute Gasteiger partial charge is 0.220 e. The van der Waals surface area contributed by atoms with Crippen LogP contribution in [0, 0.1) is 0 Å². The van der Waals surface area contributed by atoms with E-state index in [1.54, 1.807) is 0 Å². The van der Waals surface area contributed by atoms with Crippen LogP contribution in [0.4, 0.5) is 0 Å². The van der Waals surface area contributed by atoms with Gasteiger partial charge in [0, 0.05) is 13.0 Å². The van der Waals surface area contributed by atoms with Crippen LogP contribution in [0.3, 0.4) is 0 Å². The van der Waals surface area contributed by atoms with Gasteiger partial charge in [0.2, 0.25) is 5.91 Å². The van der Waals surface area contributed by atoms with Crippen molar-refractivity contribution in [2.75, 3.05) is 6.54 Å². The standard InChI is InChI=1S/C14H20BrNO/c1-2-3-5-10-14(17)16-11-13(15)12-8-6-4-7-9-12/h4,6-9,13H,2-3,5,10-11H2,1H3,(H,16,17). The third-order valence-corrected chi connectivity index (χ3v) is 3.50. The number of hydrogen-bond acceptors (Lipinski definition) is 1. The summed E-state index contributed by atoms with van der Waals surface area (Å²) >= 11 is 3.58. The fourth-order valence-corrected chi connectivity index (χ4v) is 2.07. The number of carbonyl (C=O) groups is 1. The van der Waals surface area contributed by atoms with Crippen molar-refractivity contribution >= 4 is 21.8 Å². The third kappa shape index (κ3) is 5.87. The Bertz CT molecular complexity index is 326. The van der Waals surface area contributed by atoms with E-state index in [1.165, 1.54) is 5.56 Å². The van der Waals surface area contributed by atoms with Gasteiger partial charge < -0.3 is 5.32 Å². The number of alkyl halides is 1. The van der Waals surface area contributed by atoms with Gasteiger partial charge in [-0.3, -0.25) is 4.79 Å².